The number of methoxy groups -OCH3 is 1. The molecule has 8 nitrogen and oxygen atoms in total. The van der Waals surface area contributed by atoms with Gasteiger partial charge < -0.3 is 14.8 Å². The van der Waals surface area contributed by atoms with E-state index >= 15 is 0 Å². The summed E-state index contributed by atoms with van der Waals surface area (Å²) in [5.41, 5.74) is 9.56. The van der Waals surface area contributed by atoms with E-state index < -0.39 is 18.1 Å². The summed E-state index contributed by atoms with van der Waals surface area (Å²) in [6, 6.07) is 5.82. The molecule has 10 heteroatoms. The molecule has 0 aromatic heterocycles. The second kappa shape index (κ2) is 10.8. The summed E-state index contributed by atoms with van der Waals surface area (Å²) >= 11 is 0. The molecule has 26 heavy (non-hydrogen) atoms. The monoisotopic (exact) mass is 398 g/mol. The van der Waals surface area contributed by atoms with E-state index in [2.05, 4.69) is 36.1 Å². The number of carbonyl (C=O) groups is 2. The lowest BCUT2D eigenvalue weighted by atomic mass is 10.2. The molecule has 0 radical (unpaired) electrons. The molecule has 142 valence electrons. The van der Waals surface area contributed by atoms with Crippen LogP contribution in [0.2, 0.25) is 0 Å². The van der Waals surface area contributed by atoms with Crippen LogP contribution < -0.4 is 5.32 Å². The number of alkyl carbamates (subject to hydrolysis) is 1. The number of amides is 1. The third-order valence-electron chi connectivity index (χ3n) is 2.79. The van der Waals surface area contributed by atoms with Crippen LogP contribution in [0.5, 0.6) is 0 Å². The summed E-state index contributed by atoms with van der Waals surface area (Å²) in [7, 11) is 4.37. The van der Waals surface area contributed by atoms with Gasteiger partial charge in [-0.1, -0.05) is 71.7 Å². The number of carbonyl (C=O) groups excluding carboxylic acids is 2. The summed E-state index contributed by atoms with van der Waals surface area (Å²) in [6.07, 6.45) is -0.708. The summed E-state index contributed by atoms with van der Waals surface area (Å²) in [4.78, 5) is 26.5. The lowest BCUT2D eigenvalue weighted by molar-refractivity contribution is -0.142. The van der Waals surface area contributed by atoms with Gasteiger partial charge in [0.1, 0.15) is 12.6 Å². The summed E-state index contributed by atoms with van der Waals surface area (Å²) in [5, 5.41) is 5.98. The Bertz CT molecular complexity index is 655. The van der Waals surface area contributed by atoms with Gasteiger partial charge in [-0.15, -0.1) is 0 Å². The highest BCUT2D eigenvalue weighted by molar-refractivity contribution is 8.77. The Kier molecular flexibility index (Phi) is 9.18. The van der Waals surface area contributed by atoms with Gasteiger partial charge in [-0.3, -0.25) is 0 Å². The number of esters is 1. The van der Waals surface area contributed by atoms with Gasteiger partial charge >= 0.3 is 12.1 Å². The van der Waals surface area contributed by atoms with Gasteiger partial charge in [-0.05, 0) is 11.1 Å². The minimum Gasteiger partial charge on any atom is -0.467 e. The van der Waals surface area contributed by atoms with Crippen LogP contribution in [0.15, 0.2) is 29.4 Å². The van der Waals surface area contributed by atoms with Crippen LogP contribution in [0.1, 0.15) is 26.3 Å². The van der Waals surface area contributed by atoms with Crippen LogP contribution in [0.3, 0.4) is 0 Å². The van der Waals surface area contributed by atoms with E-state index in [1.807, 2.05) is 0 Å². The van der Waals surface area contributed by atoms with Gasteiger partial charge in [-0.25, -0.2) is 9.59 Å². The third kappa shape index (κ3) is 8.89. The number of nitrogens with zero attached hydrogens (tertiary/aromatic N) is 3. The van der Waals surface area contributed by atoms with E-state index in [0.29, 0.717) is 11.4 Å². The van der Waals surface area contributed by atoms with E-state index in [9.17, 15) is 9.59 Å². The van der Waals surface area contributed by atoms with Gasteiger partial charge in [0.25, 0.3) is 0 Å². The van der Waals surface area contributed by atoms with Crippen molar-refractivity contribution in [1.29, 1.82) is 0 Å². The molecule has 0 heterocycles. The highest BCUT2D eigenvalue weighted by Gasteiger charge is 2.23. The van der Waals surface area contributed by atoms with Crippen molar-refractivity contribution in [3.8, 4) is 0 Å². The predicted molar refractivity (Wildman–Crippen MR) is 104 cm³/mol. The Labute approximate surface area is 160 Å². The lowest BCUT2D eigenvalue weighted by Gasteiger charge is -2.19. The molecule has 0 aliphatic heterocycles. The standard InChI is InChI=1S/C16H22N4O4S2/c1-16(2,3)26-25-10-13(14(21)23-4)18-15(22)24-9-11-5-7-12(8-6-11)19-20-17/h5-8,13H,9-10H2,1-4H3,(H,18,22)/t13-/m1/s1. The van der Waals surface area contributed by atoms with Crippen LogP contribution in [-0.2, 0) is 20.9 Å². The number of benzene rings is 1. The molecular weight excluding hydrogens is 376 g/mol. The Morgan fingerprint density at radius 1 is 1.31 bits per heavy atom. The molecule has 1 N–H and O–H groups in total. The van der Waals surface area contributed by atoms with Gasteiger partial charge in [0.2, 0.25) is 0 Å². The Hall–Kier alpha value is -2.03. The maximum absolute atomic E-state index is 12.0. The molecule has 1 amide bonds. The summed E-state index contributed by atoms with van der Waals surface area (Å²) in [6.45, 7) is 6.21. The first-order valence-electron chi connectivity index (χ1n) is 7.71. The lowest BCUT2D eigenvalue weighted by Crippen LogP contribution is -2.43. The zero-order valence-electron chi connectivity index (χ0n) is 15.1. The SMILES string of the molecule is COC(=O)[C@@H](CSSC(C)(C)C)NC(=O)OCc1ccc(N=[N+]=[N-])cc1. The van der Waals surface area contributed by atoms with Crippen LogP contribution in [0.4, 0.5) is 10.5 Å². The van der Waals surface area contributed by atoms with E-state index in [4.69, 9.17) is 15.0 Å². The van der Waals surface area contributed by atoms with Gasteiger partial charge in [-0.2, -0.15) is 0 Å². The maximum Gasteiger partial charge on any atom is 0.408 e. The van der Waals surface area contributed by atoms with Crippen LogP contribution >= 0.6 is 21.6 Å². The topological polar surface area (TPSA) is 113 Å². The zero-order valence-corrected chi connectivity index (χ0v) is 16.7. The highest BCUT2D eigenvalue weighted by Crippen LogP contribution is 2.35. The van der Waals surface area contributed by atoms with E-state index in [-0.39, 0.29) is 11.4 Å². The van der Waals surface area contributed by atoms with Crippen molar-refractivity contribution in [2.75, 3.05) is 12.9 Å². The number of hydrogen-bond acceptors (Lipinski definition) is 7. The Balaban J connectivity index is 2.52. The first-order chi connectivity index (χ1) is 12.2. The highest BCUT2D eigenvalue weighted by atomic mass is 33.1. The minimum absolute atomic E-state index is 0.0279. The second-order valence-electron chi connectivity index (χ2n) is 6.13. The number of hydrogen-bond donors (Lipinski definition) is 1. The van der Waals surface area contributed by atoms with Crippen molar-refractivity contribution in [2.24, 2.45) is 5.11 Å². The largest absolute Gasteiger partial charge is 0.467 e. The maximum atomic E-state index is 12.0. The fourth-order valence-electron chi connectivity index (χ4n) is 1.63. The first kappa shape index (κ1) is 22.0. The normalized spacial score (nSPS) is 11.8. The molecule has 1 rings (SSSR count). The molecule has 1 aromatic rings. The van der Waals surface area contributed by atoms with Crippen molar-refractivity contribution in [3.63, 3.8) is 0 Å². The average molecular weight is 399 g/mol. The fourth-order valence-corrected chi connectivity index (χ4v) is 4.08. The van der Waals surface area contributed by atoms with Crippen molar-refractivity contribution in [1.82, 2.24) is 5.32 Å². The second-order valence-corrected chi connectivity index (χ2v) is 9.30. The van der Waals surface area contributed by atoms with Gasteiger partial charge in [0, 0.05) is 21.1 Å². The van der Waals surface area contributed by atoms with E-state index in [1.165, 1.54) is 17.9 Å². The van der Waals surface area contributed by atoms with E-state index in [0.717, 1.165) is 5.56 Å². The number of nitrogens with one attached hydrogen (secondary N) is 1. The smallest absolute Gasteiger partial charge is 0.408 e. The Morgan fingerprint density at radius 2 is 1.96 bits per heavy atom. The summed E-state index contributed by atoms with van der Waals surface area (Å²) < 4.78 is 9.88. The van der Waals surface area contributed by atoms with Crippen molar-refractivity contribution < 1.29 is 19.1 Å². The molecule has 0 bridgehead atoms. The minimum atomic E-state index is -0.792. The van der Waals surface area contributed by atoms with Gasteiger partial charge in [0.05, 0.1) is 7.11 Å². The zero-order chi connectivity index (χ0) is 19.6. The molecule has 0 saturated heterocycles. The Morgan fingerprint density at radius 3 is 2.50 bits per heavy atom. The molecule has 0 aliphatic rings. The van der Waals surface area contributed by atoms with Crippen LogP contribution in [0, 0.1) is 0 Å². The number of azide groups is 1. The van der Waals surface area contributed by atoms with Crippen LogP contribution in [-0.4, -0.2) is 35.7 Å². The molecule has 0 fully saturated rings. The van der Waals surface area contributed by atoms with E-state index in [1.54, 1.807) is 35.1 Å². The average Bonchev–Trinajstić information content (AvgIpc) is 2.59. The predicted octanol–water partition coefficient (Wildman–Crippen LogP) is 4.58. The number of rotatable bonds is 8. The molecule has 0 unspecified atom stereocenters. The molecular formula is C16H22N4O4S2. The fraction of sp³-hybridized carbons (Fsp3) is 0.500. The van der Waals surface area contributed by atoms with Crippen molar-refractivity contribution in [2.45, 2.75) is 38.2 Å². The van der Waals surface area contributed by atoms with Gasteiger partial charge in [0.15, 0.2) is 0 Å². The molecule has 1 atom stereocenters. The number of ether oxygens (including phenoxy) is 2. The van der Waals surface area contributed by atoms with Crippen LogP contribution in [0.25, 0.3) is 10.4 Å². The first-order valence-corrected chi connectivity index (χ1v) is 10.0. The molecule has 0 spiro atoms. The quantitative estimate of drug-likeness (QED) is 0.225. The molecule has 1 aromatic carbocycles. The third-order valence-corrected chi connectivity index (χ3v) is 6.14. The molecule has 0 saturated carbocycles. The van der Waals surface area contributed by atoms with Crippen molar-refractivity contribution >= 4 is 39.3 Å². The summed E-state index contributed by atoms with van der Waals surface area (Å²) in [5.74, 6) is -0.160. The molecule has 0 aliphatic carbocycles. The van der Waals surface area contributed by atoms with Crippen molar-refractivity contribution in [3.05, 3.63) is 40.3 Å².